The lowest BCUT2D eigenvalue weighted by atomic mass is 10.1. The summed E-state index contributed by atoms with van der Waals surface area (Å²) in [6, 6.07) is 0. The predicted octanol–water partition coefficient (Wildman–Crippen LogP) is 16.3. The third-order valence-electron chi connectivity index (χ3n) is 10.8. The average Bonchev–Trinajstić information content (AvgIpc) is 3.23. The minimum Gasteiger partial charge on any atom is -0.462 e. The molecular formula is C53H94O6. The molecule has 0 aromatic heterocycles. The molecule has 6 heteroatoms. The Balaban J connectivity index is 4.35. The molecule has 0 fully saturated rings. The molecule has 0 aliphatic carbocycles. The minimum absolute atomic E-state index is 0.0817. The minimum atomic E-state index is -0.781. The van der Waals surface area contributed by atoms with Gasteiger partial charge in [-0.25, -0.2) is 0 Å². The summed E-state index contributed by atoms with van der Waals surface area (Å²) in [7, 11) is 0. The molecule has 0 spiro atoms. The summed E-state index contributed by atoms with van der Waals surface area (Å²) >= 11 is 0. The molecule has 0 bridgehead atoms. The van der Waals surface area contributed by atoms with Crippen LogP contribution in [0.3, 0.4) is 0 Å². The zero-order valence-electron chi connectivity index (χ0n) is 39.0. The van der Waals surface area contributed by atoms with Gasteiger partial charge in [-0.1, -0.05) is 191 Å². The Morgan fingerprint density at radius 1 is 0.356 bits per heavy atom. The van der Waals surface area contributed by atoms with Gasteiger partial charge in [0.2, 0.25) is 0 Å². The first-order chi connectivity index (χ1) is 29.0. The van der Waals surface area contributed by atoms with Crippen LogP contribution in [0.4, 0.5) is 0 Å². The summed E-state index contributed by atoms with van der Waals surface area (Å²) in [5, 5.41) is 0. The third-order valence-corrected chi connectivity index (χ3v) is 10.8. The number of esters is 3. The number of carbonyl (C=O) groups excluding carboxylic acids is 3. The van der Waals surface area contributed by atoms with Gasteiger partial charge in [-0.05, 0) is 89.9 Å². The zero-order chi connectivity index (χ0) is 43.0. The first-order valence-electron chi connectivity index (χ1n) is 25.1. The molecule has 0 rings (SSSR count). The molecular weight excluding hydrogens is 733 g/mol. The predicted molar refractivity (Wildman–Crippen MR) is 252 cm³/mol. The summed E-state index contributed by atoms with van der Waals surface area (Å²) in [5.41, 5.74) is 0. The number of rotatable bonds is 45. The summed E-state index contributed by atoms with van der Waals surface area (Å²) in [6.07, 6.45) is 56.7. The fourth-order valence-electron chi connectivity index (χ4n) is 6.98. The molecule has 0 amide bonds. The number of carbonyl (C=O) groups is 3. The molecule has 1 atom stereocenters. The second kappa shape index (κ2) is 48.0. The third kappa shape index (κ3) is 46.3. The van der Waals surface area contributed by atoms with Crippen molar-refractivity contribution in [3.05, 3.63) is 48.6 Å². The Kier molecular flexibility index (Phi) is 45.9. The van der Waals surface area contributed by atoms with Gasteiger partial charge in [0, 0.05) is 19.3 Å². The smallest absolute Gasteiger partial charge is 0.306 e. The Hall–Kier alpha value is -2.63. The molecule has 0 aliphatic heterocycles. The van der Waals surface area contributed by atoms with Crippen LogP contribution in [0.15, 0.2) is 48.6 Å². The topological polar surface area (TPSA) is 78.9 Å². The molecule has 0 heterocycles. The maximum absolute atomic E-state index is 12.8. The van der Waals surface area contributed by atoms with Crippen LogP contribution in [-0.4, -0.2) is 37.2 Å². The van der Waals surface area contributed by atoms with Crippen molar-refractivity contribution in [1.82, 2.24) is 0 Å². The fourth-order valence-corrected chi connectivity index (χ4v) is 6.98. The molecule has 0 aromatic carbocycles. The van der Waals surface area contributed by atoms with Crippen LogP contribution < -0.4 is 0 Å². The Morgan fingerprint density at radius 3 is 1.08 bits per heavy atom. The fraction of sp³-hybridized carbons (Fsp3) is 0.792. The summed E-state index contributed by atoms with van der Waals surface area (Å²) < 4.78 is 16.7. The molecule has 0 N–H and O–H groups in total. The maximum atomic E-state index is 12.8. The van der Waals surface area contributed by atoms with E-state index in [1.807, 2.05) is 0 Å². The first kappa shape index (κ1) is 56.4. The standard InChI is InChI=1S/C53H94O6/c1-4-7-10-13-16-19-22-24-26-27-28-30-31-34-37-40-43-46-52(55)58-49-50(48-57-51(54)45-42-39-36-33-21-18-15-12-9-6-3)59-53(56)47-44-41-38-35-32-29-25-23-20-17-14-11-8-5-2/h8,11,15,17-18,20,24,26,50H,4-7,9-10,12-14,16,19,21-23,25,27-49H2,1-3H3/b11-8-,18-15-,20-17-,26-24-. The quantitative estimate of drug-likeness (QED) is 0.0263. The maximum Gasteiger partial charge on any atom is 0.306 e. The lowest BCUT2D eigenvalue weighted by Gasteiger charge is -2.18. The van der Waals surface area contributed by atoms with E-state index in [-0.39, 0.29) is 31.1 Å². The number of allylic oxidation sites excluding steroid dienone is 8. The molecule has 0 saturated carbocycles. The van der Waals surface area contributed by atoms with Crippen LogP contribution in [0.25, 0.3) is 0 Å². The van der Waals surface area contributed by atoms with Crippen molar-refractivity contribution in [3.63, 3.8) is 0 Å². The van der Waals surface area contributed by atoms with E-state index in [1.54, 1.807) is 0 Å². The van der Waals surface area contributed by atoms with Gasteiger partial charge in [0.1, 0.15) is 13.2 Å². The van der Waals surface area contributed by atoms with Crippen LogP contribution in [0, 0.1) is 0 Å². The Bertz CT molecular complexity index is 1040. The van der Waals surface area contributed by atoms with Gasteiger partial charge in [0.15, 0.2) is 6.10 Å². The molecule has 0 aromatic rings. The van der Waals surface area contributed by atoms with Gasteiger partial charge >= 0.3 is 17.9 Å². The molecule has 0 aliphatic rings. The van der Waals surface area contributed by atoms with E-state index in [2.05, 4.69) is 69.4 Å². The molecule has 0 saturated heterocycles. The van der Waals surface area contributed by atoms with Crippen LogP contribution in [0.5, 0.6) is 0 Å². The molecule has 6 nitrogen and oxygen atoms in total. The first-order valence-corrected chi connectivity index (χ1v) is 25.1. The number of unbranched alkanes of at least 4 members (excludes halogenated alkanes) is 26. The van der Waals surface area contributed by atoms with Crippen LogP contribution >= 0.6 is 0 Å². The highest BCUT2D eigenvalue weighted by atomic mass is 16.6. The lowest BCUT2D eigenvalue weighted by molar-refractivity contribution is -0.167. The van der Waals surface area contributed by atoms with E-state index in [0.717, 1.165) is 96.3 Å². The zero-order valence-corrected chi connectivity index (χ0v) is 39.0. The Labute approximate surface area is 365 Å². The van der Waals surface area contributed by atoms with Crippen molar-refractivity contribution < 1.29 is 28.6 Å². The van der Waals surface area contributed by atoms with Crippen molar-refractivity contribution in [2.75, 3.05) is 13.2 Å². The van der Waals surface area contributed by atoms with E-state index in [1.165, 1.54) is 116 Å². The van der Waals surface area contributed by atoms with Crippen LogP contribution in [0.1, 0.15) is 252 Å². The normalized spacial score (nSPS) is 12.4. The summed E-state index contributed by atoms with van der Waals surface area (Å²) in [5.74, 6) is -0.905. The van der Waals surface area contributed by atoms with Crippen molar-refractivity contribution in [2.24, 2.45) is 0 Å². The second-order valence-electron chi connectivity index (χ2n) is 16.7. The number of ether oxygens (including phenoxy) is 3. The summed E-state index contributed by atoms with van der Waals surface area (Å²) in [6.45, 7) is 6.47. The van der Waals surface area contributed by atoms with Crippen molar-refractivity contribution in [3.8, 4) is 0 Å². The second-order valence-corrected chi connectivity index (χ2v) is 16.7. The van der Waals surface area contributed by atoms with E-state index in [0.29, 0.717) is 19.3 Å². The SMILES string of the molecule is CC/C=C\C/C=C\CCCCCCCCCC(=O)OC(COC(=O)CCCCCC/C=C\CCCC)COC(=O)CCCCCCCCC/C=C\CCCCCCCC. The van der Waals surface area contributed by atoms with Crippen molar-refractivity contribution in [1.29, 1.82) is 0 Å². The monoisotopic (exact) mass is 827 g/mol. The van der Waals surface area contributed by atoms with Gasteiger partial charge in [0.25, 0.3) is 0 Å². The van der Waals surface area contributed by atoms with Gasteiger partial charge in [-0.3, -0.25) is 14.4 Å². The van der Waals surface area contributed by atoms with Gasteiger partial charge < -0.3 is 14.2 Å². The highest BCUT2D eigenvalue weighted by Crippen LogP contribution is 2.14. The number of hydrogen-bond acceptors (Lipinski definition) is 6. The van der Waals surface area contributed by atoms with Gasteiger partial charge in [0.05, 0.1) is 0 Å². The lowest BCUT2D eigenvalue weighted by Crippen LogP contribution is -2.30. The summed E-state index contributed by atoms with van der Waals surface area (Å²) in [4.78, 5) is 37.9. The van der Waals surface area contributed by atoms with Crippen molar-refractivity contribution >= 4 is 17.9 Å². The molecule has 0 radical (unpaired) electrons. The highest BCUT2D eigenvalue weighted by molar-refractivity contribution is 5.71. The molecule has 342 valence electrons. The van der Waals surface area contributed by atoms with Crippen LogP contribution in [0.2, 0.25) is 0 Å². The van der Waals surface area contributed by atoms with Crippen molar-refractivity contribution in [2.45, 2.75) is 258 Å². The average molecular weight is 827 g/mol. The van der Waals surface area contributed by atoms with E-state index in [4.69, 9.17) is 14.2 Å². The van der Waals surface area contributed by atoms with Gasteiger partial charge in [-0.15, -0.1) is 0 Å². The Morgan fingerprint density at radius 2 is 0.678 bits per heavy atom. The molecule has 59 heavy (non-hydrogen) atoms. The van der Waals surface area contributed by atoms with E-state index < -0.39 is 6.10 Å². The van der Waals surface area contributed by atoms with E-state index in [9.17, 15) is 14.4 Å². The van der Waals surface area contributed by atoms with Gasteiger partial charge in [-0.2, -0.15) is 0 Å². The molecule has 1 unspecified atom stereocenters. The van der Waals surface area contributed by atoms with Crippen LogP contribution in [-0.2, 0) is 28.6 Å². The largest absolute Gasteiger partial charge is 0.462 e. The number of hydrogen-bond donors (Lipinski definition) is 0. The van der Waals surface area contributed by atoms with E-state index >= 15 is 0 Å². The highest BCUT2D eigenvalue weighted by Gasteiger charge is 2.19.